The van der Waals surface area contributed by atoms with Crippen molar-refractivity contribution in [1.82, 2.24) is 4.90 Å². The molecule has 1 amide bonds. The Morgan fingerprint density at radius 2 is 1.86 bits per heavy atom. The molecule has 0 aliphatic carbocycles. The summed E-state index contributed by atoms with van der Waals surface area (Å²) in [7, 11) is -3.49. The minimum Gasteiger partial charge on any atom is -0.398 e. The highest BCUT2D eigenvalue weighted by molar-refractivity contribution is 7.92. The SMILES string of the molecule is CCCN(Cc1ccccc1N)C(=O)C(C)(C)S(C)(=O)=O. The standard InChI is InChI=1S/C15H24N2O3S/c1-5-10-17(11-12-8-6-7-9-13(12)16)14(18)15(2,3)21(4,19)20/h6-9H,5,10-11,16H2,1-4H3. The van der Waals surface area contributed by atoms with Gasteiger partial charge in [-0.25, -0.2) is 8.42 Å². The van der Waals surface area contributed by atoms with E-state index in [2.05, 4.69) is 0 Å². The molecule has 0 fully saturated rings. The minimum atomic E-state index is -3.49. The number of nitrogen functional groups attached to an aromatic ring is 1. The Morgan fingerprint density at radius 3 is 2.33 bits per heavy atom. The van der Waals surface area contributed by atoms with E-state index in [9.17, 15) is 13.2 Å². The number of amides is 1. The van der Waals surface area contributed by atoms with Crippen LogP contribution in [-0.2, 0) is 21.2 Å². The fraction of sp³-hybridized carbons (Fsp3) is 0.533. The van der Waals surface area contributed by atoms with E-state index in [0.29, 0.717) is 18.8 Å². The van der Waals surface area contributed by atoms with Crippen LogP contribution in [0.2, 0.25) is 0 Å². The third kappa shape index (κ3) is 3.97. The summed E-state index contributed by atoms with van der Waals surface area (Å²) in [6.45, 7) is 5.65. The number of para-hydroxylation sites is 1. The number of nitrogens with zero attached hydrogens (tertiary/aromatic N) is 1. The highest BCUT2D eigenvalue weighted by Gasteiger charge is 2.41. The fourth-order valence-corrected chi connectivity index (χ4v) is 2.39. The van der Waals surface area contributed by atoms with Gasteiger partial charge in [-0.15, -0.1) is 0 Å². The number of sulfone groups is 1. The zero-order chi connectivity index (χ0) is 16.3. The van der Waals surface area contributed by atoms with Gasteiger partial charge in [0.25, 0.3) is 0 Å². The van der Waals surface area contributed by atoms with E-state index in [1.54, 1.807) is 11.0 Å². The van der Waals surface area contributed by atoms with E-state index >= 15 is 0 Å². The lowest BCUT2D eigenvalue weighted by Gasteiger charge is -2.31. The summed E-state index contributed by atoms with van der Waals surface area (Å²) >= 11 is 0. The Hall–Kier alpha value is -1.56. The highest BCUT2D eigenvalue weighted by atomic mass is 32.2. The minimum absolute atomic E-state index is 0.318. The largest absolute Gasteiger partial charge is 0.398 e. The van der Waals surface area contributed by atoms with Gasteiger partial charge < -0.3 is 10.6 Å². The Labute approximate surface area is 127 Å². The van der Waals surface area contributed by atoms with Crippen LogP contribution < -0.4 is 5.73 Å². The number of hydrogen-bond donors (Lipinski definition) is 1. The Kier molecular flexibility index (Phi) is 5.39. The van der Waals surface area contributed by atoms with Crippen molar-refractivity contribution >= 4 is 21.4 Å². The molecule has 2 N–H and O–H groups in total. The lowest BCUT2D eigenvalue weighted by atomic mass is 10.1. The van der Waals surface area contributed by atoms with Gasteiger partial charge in [0.05, 0.1) is 0 Å². The number of carbonyl (C=O) groups excluding carboxylic acids is 1. The second-order valence-corrected chi connectivity index (χ2v) is 8.27. The molecular weight excluding hydrogens is 288 g/mol. The third-order valence-corrected chi connectivity index (χ3v) is 5.67. The number of nitrogens with two attached hydrogens (primary N) is 1. The predicted octanol–water partition coefficient (Wildman–Crippen LogP) is 1.83. The van der Waals surface area contributed by atoms with Gasteiger partial charge in [-0.3, -0.25) is 4.79 Å². The van der Waals surface area contributed by atoms with E-state index in [1.165, 1.54) is 13.8 Å². The highest BCUT2D eigenvalue weighted by Crippen LogP contribution is 2.22. The van der Waals surface area contributed by atoms with Crippen molar-refractivity contribution in [2.75, 3.05) is 18.5 Å². The van der Waals surface area contributed by atoms with E-state index in [-0.39, 0.29) is 0 Å². The van der Waals surface area contributed by atoms with Crippen LogP contribution in [0.4, 0.5) is 5.69 Å². The Morgan fingerprint density at radius 1 is 1.29 bits per heavy atom. The predicted molar refractivity (Wildman–Crippen MR) is 85.5 cm³/mol. The first-order chi connectivity index (χ1) is 9.61. The molecule has 0 aliphatic heterocycles. The van der Waals surface area contributed by atoms with Gasteiger partial charge in [0.2, 0.25) is 5.91 Å². The van der Waals surface area contributed by atoms with E-state index < -0.39 is 20.5 Å². The average molecular weight is 312 g/mol. The summed E-state index contributed by atoms with van der Waals surface area (Å²) < 4.78 is 22.3. The molecule has 5 nitrogen and oxygen atoms in total. The van der Waals surface area contributed by atoms with Gasteiger partial charge in [0.1, 0.15) is 4.75 Å². The molecule has 0 radical (unpaired) electrons. The van der Waals surface area contributed by atoms with Crippen molar-refractivity contribution in [2.45, 2.75) is 38.5 Å². The lowest BCUT2D eigenvalue weighted by molar-refractivity contribution is -0.133. The molecule has 0 saturated heterocycles. The average Bonchev–Trinajstić information content (AvgIpc) is 2.38. The summed E-state index contributed by atoms with van der Waals surface area (Å²) in [4.78, 5) is 14.2. The zero-order valence-electron chi connectivity index (χ0n) is 13.1. The van der Waals surface area contributed by atoms with Crippen LogP contribution in [0.3, 0.4) is 0 Å². The van der Waals surface area contributed by atoms with Crippen molar-refractivity contribution in [3.05, 3.63) is 29.8 Å². The summed E-state index contributed by atoms with van der Waals surface area (Å²) in [6.07, 6.45) is 1.84. The van der Waals surface area contributed by atoms with Crippen LogP contribution in [0.1, 0.15) is 32.8 Å². The maximum absolute atomic E-state index is 12.6. The number of hydrogen-bond acceptors (Lipinski definition) is 4. The fourth-order valence-electron chi connectivity index (χ4n) is 1.95. The number of rotatable bonds is 6. The van der Waals surface area contributed by atoms with Gasteiger partial charge in [-0.2, -0.15) is 0 Å². The molecule has 1 aromatic rings. The second kappa shape index (κ2) is 6.47. The molecular formula is C15H24N2O3S. The first-order valence-corrected chi connectivity index (χ1v) is 8.82. The molecule has 0 saturated carbocycles. The molecule has 0 unspecified atom stereocenters. The van der Waals surface area contributed by atoms with E-state index in [0.717, 1.165) is 18.2 Å². The summed E-state index contributed by atoms with van der Waals surface area (Å²) in [5.74, 6) is -0.393. The zero-order valence-corrected chi connectivity index (χ0v) is 13.9. The molecule has 21 heavy (non-hydrogen) atoms. The summed E-state index contributed by atoms with van der Waals surface area (Å²) in [5, 5.41) is 0. The topological polar surface area (TPSA) is 80.5 Å². The number of carbonyl (C=O) groups is 1. The number of benzene rings is 1. The molecule has 6 heteroatoms. The molecule has 0 heterocycles. The molecule has 0 atom stereocenters. The van der Waals surface area contributed by atoms with Crippen LogP contribution in [-0.4, -0.2) is 36.8 Å². The lowest BCUT2D eigenvalue weighted by Crippen LogP contribution is -2.49. The van der Waals surface area contributed by atoms with Gasteiger partial charge >= 0.3 is 0 Å². The van der Waals surface area contributed by atoms with Gasteiger partial charge in [0.15, 0.2) is 9.84 Å². The Bertz CT molecular complexity index is 609. The molecule has 0 aliphatic rings. The van der Waals surface area contributed by atoms with Gasteiger partial charge in [-0.1, -0.05) is 25.1 Å². The number of anilines is 1. The molecule has 0 spiro atoms. The van der Waals surface area contributed by atoms with Crippen molar-refractivity contribution < 1.29 is 13.2 Å². The second-order valence-electron chi connectivity index (χ2n) is 5.71. The smallest absolute Gasteiger partial charge is 0.243 e. The van der Waals surface area contributed by atoms with Crippen molar-refractivity contribution in [3.63, 3.8) is 0 Å². The van der Waals surface area contributed by atoms with Crippen LogP contribution >= 0.6 is 0 Å². The first-order valence-electron chi connectivity index (χ1n) is 6.93. The van der Waals surface area contributed by atoms with E-state index in [4.69, 9.17) is 5.73 Å². The maximum atomic E-state index is 12.6. The third-order valence-electron chi connectivity index (χ3n) is 3.64. The van der Waals surface area contributed by atoms with Crippen LogP contribution in [0.25, 0.3) is 0 Å². The quantitative estimate of drug-likeness (QED) is 0.813. The maximum Gasteiger partial charge on any atom is 0.243 e. The van der Waals surface area contributed by atoms with Crippen molar-refractivity contribution in [3.8, 4) is 0 Å². The van der Waals surface area contributed by atoms with Gasteiger partial charge in [0, 0.05) is 25.0 Å². The molecule has 1 aromatic carbocycles. The molecule has 0 aromatic heterocycles. The Balaban J connectivity index is 3.08. The monoisotopic (exact) mass is 312 g/mol. The van der Waals surface area contributed by atoms with Crippen molar-refractivity contribution in [2.24, 2.45) is 0 Å². The molecule has 118 valence electrons. The first kappa shape index (κ1) is 17.5. The summed E-state index contributed by atoms with van der Waals surface area (Å²) in [5.41, 5.74) is 7.33. The molecule has 1 rings (SSSR count). The summed E-state index contributed by atoms with van der Waals surface area (Å²) in [6, 6.07) is 7.29. The van der Waals surface area contributed by atoms with Crippen LogP contribution in [0.15, 0.2) is 24.3 Å². The molecule has 0 bridgehead atoms. The van der Waals surface area contributed by atoms with Crippen LogP contribution in [0, 0.1) is 0 Å². The van der Waals surface area contributed by atoms with Crippen molar-refractivity contribution in [1.29, 1.82) is 0 Å². The van der Waals surface area contributed by atoms with E-state index in [1.807, 2.05) is 25.1 Å². The van der Waals surface area contributed by atoms with Crippen LogP contribution in [0.5, 0.6) is 0 Å². The van der Waals surface area contributed by atoms with Gasteiger partial charge in [-0.05, 0) is 31.9 Å². The normalized spacial score (nSPS) is 12.2.